The van der Waals surface area contributed by atoms with Crippen LogP contribution in [0.15, 0.2) is 64.1 Å². The minimum atomic E-state index is -0.160. The van der Waals surface area contributed by atoms with E-state index in [0.29, 0.717) is 23.3 Å². The first-order valence-corrected chi connectivity index (χ1v) is 7.57. The van der Waals surface area contributed by atoms with Crippen LogP contribution < -0.4 is 5.32 Å². The predicted molar refractivity (Wildman–Crippen MR) is 85.3 cm³/mol. The highest BCUT2D eigenvalue weighted by Crippen LogP contribution is 2.14. The SMILES string of the molecule is O=C(NCc1cccc(Cn2cccn2)c1)c1coc(Br)c1. The van der Waals surface area contributed by atoms with Gasteiger partial charge in [0.2, 0.25) is 0 Å². The lowest BCUT2D eigenvalue weighted by Crippen LogP contribution is -2.22. The molecule has 22 heavy (non-hydrogen) atoms. The van der Waals surface area contributed by atoms with Crippen molar-refractivity contribution in [1.29, 1.82) is 0 Å². The molecule has 0 saturated heterocycles. The number of hydrogen-bond donors (Lipinski definition) is 1. The summed E-state index contributed by atoms with van der Waals surface area (Å²) >= 11 is 3.18. The number of halogens is 1. The predicted octanol–water partition coefficient (Wildman–Crippen LogP) is 3.22. The second-order valence-corrected chi connectivity index (χ2v) is 5.63. The van der Waals surface area contributed by atoms with Gasteiger partial charge < -0.3 is 9.73 Å². The summed E-state index contributed by atoms with van der Waals surface area (Å²) in [5.74, 6) is -0.160. The third-order valence-electron chi connectivity index (χ3n) is 3.18. The summed E-state index contributed by atoms with van der Waals surface area (Å²) in [5.41, 5.74) is 2.68. The molecule has 0 bridgehead atoms. The van der Waals surface area contributed by atoms with E-state index in [9.17, 15) is 4.79 Å². The van der Waals surface area contributed by atoms with Crippen LogP contribution in [0.1, 0.15) is 21.5 Å². The fourth-order valence-corrected chi connectivity index (χ4v) is 2.47. The Balaban J connectivity index is 1.62. The lowest BCUT2D eigenvalue weighted by molar-refractivity contribution is 0.0950. The van der Waals surface area contributed by atoms with Crippen molar-refractivity contribution in [2.75, 3.05) is 0 Å². The molecular weight excluding hydrogens is 346 g/mol. The van der Waals surface area contributed by atoms with Gasteiger partial charge in [0.25, 0.3) is 5.91 Å². The third kappa shape index (κ3) is 3.65. The smallest absolute Gasteiger partial charge is 0.254 e. The Morgan fingerprint density at radius 1 is 1.27 bits per heavy atom. The average molecular weight is 360 g/mol. The Bertz CT molecular complexity index is 765. The summed E-state index contributed by atoms with van der Waals surface area (Å²) in [4.78, 5) is 12.0. The highest BCUT2D eigenvalue weighted by atomic mass is 79.9. The number of hydrogen-bond acceptors (Lipinski definition) is 3. The summed E-state index contributed by atoms with van der Waals surface area (Å²) in [6.45, 7) is 1.18. The van der Waals surface area contributed by atoms with Crippen LogP contribution >= 0.6 is 15.9 Å². The van der Waals surface area contributed by atoms with E-state index >= 15 is 0 Å². The summed E-state index contributed by atoms with van der Waals surface area (Å²) in [5, 5.41) is 7.06. The van der Waals surface area contributed by atoms with E-state index < -0.39 is 0 Å². The molecule has 1 aromatic carbocycles. The van der Waals surface area contributed by atoms with Crippen LogP contribution in [0.4, 0.5) is 0 Å². The molecule has 1 amide bonds. The Morgan fingerprint density at radius 3 is 2.86 bits per heavy atom. The van der Waals surface area contributed by atoms with Gasteiger partial charge in [0, 0.05) is 25.0 Å². The molecule has 3 aromatic rings. The molecule has 0 atom stereocenters. The lowest BCUT2D eigenvalue weighted by Gasteiger charge is -2.07. The molecule has 0 spiro atoms. The van der Waals surface area contributed by atoms with Gasteiger partial charge in [-0.1, -0.05) is 24.3 Å². The van der Waals surface area contributed by atoms with Gasteiger partial charge >= 0.3 is 0 Å². The fourth-order valence-electron chi connectivity index (χ4n) is 2.13. The molecule has 0 aliphatic carbocycles. The first-order chi connectivity index (χ1) is 10.7. The Kier molecular flexibility index (Phi) is 4.39. The molecular formula is C16H14BrN3O2. The molecule has 2 aromatic heterocycles. The van der Waals surface area contributed by atoms with Crippen molar-refractivity contribution in [3.63, 3.8) is 0 Å². The molecule has 5 nitrogen and oxygen atoms in total. The highest BCUT2D eigenvalue weighted by Gasteiger charge is 2.08. The molecule has 0 unspecified atom stereocenters. The maximum Gasteiger partial charge on any atom is 0.254 e. The van der Waals surface area contributed by atoms with Crippen molar-refractivity contribution in [3.05, 3.63) is 76.4 Å². The van der Waals surface area contributed by atoms with Crippen LogP contribution in [-0.2, 0) is 13.1 Å². The summed E-state index contributed by atoms with van der Waals surface area (Å²) in [7, 11) is 0. The van der Waals surface area contributed by atoms with Crippen molar-refractivity contribution < 1.29 is 9.21 Å². The minimum absolute atomic E-state index is 0.160. The van der Waals surface area contributed by atoms with E-state index in [4.69, 9.17) is 4.42 Å². The van der Waals surface area contributed by atoms with Crippen LogP contribution in [0.25, 0.3) is 0 Å². The number of nitrogens with zero attached hydrogens (tertiary/aromatic N) is 2. The van der Waals surface area contributed by atoms with Crippen molar-refractivity contribution in [2.45, 2.75) is 13.1 Å². The van der Waals surface area contributed by atoms with E-state index in [-0.39, 0.29) is 5.91 Å². The van der Waals surface area contributed by atoms with Gasteiger partial charge in [-0.05, 0) is 33.1 Å². The van der Waals surface area contributed by atoms with Crippen LogP contribution in [0, 0.1) is 0 Å². The zero-order chi connectivity index (χ0) is 15.4. The number of carbonyl (C=O) groups excluding carboxylic acids is 1. The van der Waals surface area contributed by atoms with Crippen LogP contribution in [-0.4, -0.2) is 15.7 Å². The van der Waals surface area contributed by atoms with Gasteiger partial charge in [0.1, 0.15) is 6.26 Å². The second kappa shape index (κ2) is 6.62. The highest BCUT2D eigenvalue weighted by molar-refractivity contribution is 9.10. The summed E-state index contributed by atoms with van der Waals surface area (Å²) < 4.78 is 7.46. The molecule has 0 aliphatic rings. The number of aromatic nitrogens is 2. The quantitative estimate of drug-likeness (QED) is 0.760. The normalized spacial score (nSPS) is 10.6. The third-order valence-corrected chi connectivity index (χ3v) is 3.59. The van der Waals surface area contributed by atoms with E-state index in [2.05, 4.69) is 32.4 Å². The van der Waals surface area contributed by atoms with Crippen molar-refractivity contribution in [3.8, 4) is 0 Å². The molecule has 1 N–H and O–H groups in total. The topological polar surface area (TPSA) is 60.1 Å². The number of benzene rings is 1. The molecule has 0 radical (unpaired) electrons. The Hall–Kier alpha value is -2.34. The van der Waals surface area contributed by atoms with Crippen molar-refractivity contribution in [2.24, 2.45) is 0 Å². The van der Waals surface area contributed by atoms with E-state index in [1.54, 1.807) is 12.3 Å². The van der Waals surface area contributed by atoms with Crippen LogP contribution in [0.3, 0.4) is 0 Å². The number of amides is 1. The zero-order valence-corrected chi connectivity index (χ0v) is 13.3. The molecule has 0 fully saturated rings. The van der Waals surface area contributed by atoms with Crippen molar-refractivity contribution >= 4 is 21.8 Å². The first-order valence-electron chi connectivity index (χ1n) is 6.78. The minimum Gasteiger partial charge on any atom is -0.457 e. The standard InChI is InChI=1S/C16H14BrN3O2/c17-15-8-14(11-22-15)16(21)18-9-12-3-1-4-13(7-12)10-20-6-2-5-19-20/h1-8,11H,9-10H2,(H,18,21). The summed E-state index contributed by atoms with van der Waals surface area (Å²) in [6, 6.07) is 11.6. The van der Waals surface area contributed by atoms with E-state index in [0.717, 1.165) is 11.1 Å². The maximum absolute atomic E-state index is 12.0. The number of carbonyl (C=O) groups is 1. The first kappa shape index (κ1) is 14.6. The molecule has 3 rings (SSSR count). The lowest BCUT2D eigenvalue weighted by atomic mass is 10.1. The van der Waals surface area contributed by atoms with Gasteiger partial charge in [-0.3, -0.25) is 9.48 Å². The largest absolute Gasteiger partial charge is 0.457 e. The van der Waals surface area contributed by atoms with Crippen LogP contribution in [0.5, 0.6) is 0 Å². The average Bonchev–Trinajstić information content (AvgIpc) is 3.17. The van der Waals surface area contributed by atoms with E-state index in [1.165, 1.54) is 6.26 Å². The van der Waals surface area contributed by atoms with Crippen molar-refractivity contribution in [1.82, 2.24) is 15.1 Å². The number of nitrogens with one attached hydrogen (secondary N) is 1. The molecule has 6 heteroatoms. The van der Waals surface area contributed by atoms with E-state index in [1.807, 2.05) is 35.1 Å². The van der Waals surface area contributed by atoms with Gasteiger partial charge in [0.05, 0.1) is 12.1 Å². The van der Waals surface area contributed by atoms with Gasteiger partial charge in [-0.25, -0.2) is 0 Å². The maximum atomic E-state index is 12.0. The zero-order valence-electron chi connectivity index (χ0n) is 11.7. The van der Waals surface area contributed by atoms with Gasteiger partial charge in [-0.2, -0.15) is 5.10 Å². The monoisotopic (exact) mass is 359 g/mol. The second-order valence-electron chi connectivity index (χ2n) is 4.85. The van der Waals surface area contributed by atoms with Gasteiger partial charge in [-0.15, -0.1) is 0 Å². The van der Waals surface area contributed by atoms with Gasteiger partial charge in [0.15, 0.2) is 4.67 Å². The number of furan rings is 1. The number of rotatable bonds is 5. The Labute approximate surface area is 136 Å². The summed E-state index contributed by atoms with van der Waals surface area (Å²) in [6.07, 6.45) is 5.10. The molecule has 2 heterocycles. The van der Waals surface area contributed by atoms with Crippen LogP contribution in [0.2, 0.25) is 0 Å². The molecule has 112 valence electrons. The fraction of sp³-hybridized carbons (Fsp3) is 0.125. The Morgan fingerprint density at radius 2 is 2.14 bits per heavy atom. The molecule has 0 saturated carbocycles. The molecule has 0 aliphatic heterocycles.